The van der Waals surface area contributed by atoms with Gasteiger partial charge in [0.15, 0.2) is 16.8 Å². The van der Waals surface area contributed by atoms with Crippen LogP contribution in [0.15, 0.2) is 40.8 Å². The summed E-state index contributed by atoms with van der Waals surface area (Å²) in [6, 6.07) is 5.18. The Kier molecular flexibility index (Phi) is 4.73. The van der Waals surface area contributed by atoms with Crippen LogP contribution in [0, 0.1) is 18.6 Å². The summed E-state index contributed by atoms with van der Waals surface area (Å²) in [4.78, 5) is 34.5. The summed E-state index contributed by atoms with van der Waals surface area (Å²) in [6.07, 6.45) is 1.33. The summed E-state index contributed by atoms with van der Waals surface area (Å²) in [5.74, 6) is -2.35. The molecule has 3 heterocycles. The molecule has 3 aromatic heterocycles. The van der Waals surface area contributed by atoms with Gasteiger partial charge in [0.1, 0.15) is 11.4 Å². The van der Waals surface area contributed by atoms with Gasteiger partial charge in [0, 0.05) is 10.4 Å². The zero-order valence-corrected chi connectivity index (χ0v) is 16.0. The topological polar surface area (TPSA) is 76.9 Å². The van der Waals surface area contributed by atoms with Gasteiger partial charge in [0.25, 0.3) is 5.56 Å². The molecule has 0 spiro atoms. The summed E-state index contributed by atoms with van der Waals surface area (Å²) >= 11 is 2.56. The van der Waals surface area contributed by atoms with Crippen molar-refractivity contribution in [2.45, 2.75) is 13.5 Å². The SMILES string of the molecule is Cc1sc(NC(=O)Cn2cnc3sccc3c2=O)nc1-c1ccc(F)c(F)c1. The van der Waals surface area contributed by atoms with Crippen LogP contribution >= 0.6 is 22.7 Å². The van der Waals surface area contributed by atoms with E-state index in [1.54, 1.807) is 18.4 Å². The molecule has 10 heteroatoms. The number of fused-ring (bicyclic) bond motifs is 1. The minimum atomic E-state index is -0.966. The van der Waals surface area contributed by atoms with Gasteiger partial charge >= 0.3 is 0 Å². The van der Waals surface area contributed by atoms with Crippen LogP contribution in [-0.4, -0.2) is 20.4 Å². The molecule has 1 N–H and O–H groups in total. The number of nitrogens with zero attached hydrogens (tertiary/aromatic N) is 3. The van der Waals surface area contributed by atoms with Crippen molar-refractivity contribution in [2.75, 3.05) is 5.32 Å². The zero-order valence-electron chi connectivity index (χ0n) is 14.4. The molecule has 0 atom stereocenters. The van der Waals surface area contributed by atoms with Gasteiger partial charge < -0.3 is 5.32 Å². The van der Waals surface area contributed by atoms with Crippen LogP contribution in [-0.2, 0) is 11.3 Å². The minimum absolute atomic E-state index is 0.212. The van der Waals surface area contributed by atoms with E-state index in [0.717, 1.165) is 17.0 Å². The number of carbonyl (C=O) groups is 1. The third-order valence-electron chi connectivity index (χ3n) is 4.00. The molecular weight excluding hydrogens is 406 g/mol. The molecule has 142 valence electrons. The Morgan fingerprint density at radius 3 is 2.86 bits per heavy atom. The van der Waals surface area contributed by atoms with Gasteiger partial charge in [-0.3, -0.25) is 14.2 Å². The molecule has 0 fully saturated rings. The maximum atomic E-state index is 13.5. The second-order valence-corrected chi connectivity index (χ2v) is 8.02. The van der Waals surface area contributed by atoms with Crippen LogP contribution in [0.3, 0.4) is 0 Å². The Morgan fingerprint density at radius 1 is 1.25 bits per heavy atom. The Hall–Kier alpha value is -2.98. The number of rotatable bonds is 4. The van der Waals surface area contributed by atoms with E-state index in [2.05, 4.69) is 15.3 Å². The average molecular weight is 418 g/mol. The molecule has 0 bridgehead atoms. The lowest BCUT2D eigenvalue weighted by Gasteiger charge is -2.05. The lowest BCUT2D eigenvalue weighted by atomic mass is 10.1. The number of amides is 1. The van der Waals surface area contributed by atoms with Crippen molar-refractivity contribution in [1.82, 2.24) is 14.5 Å². The third kappa shape index (κ3) is 3.43. The van der Waals surface area contributed by atoms with E-state index in [4.69, 9.17) is 0 Å². The molecule has 6 nitrogen and oxygen atoms in total. The smallest absolute Gasteiger partial charge is 0.262 e. The number of anilines is 1. The van der Waals surface area contributed by atoms with E-state index in [-0.39, 0.29) is 12.1 Å². The third-order valence-corrected chi connectivity index (χ3v) is 5.71. The largest absolute Gasteiger partial charge is 0.300 e. The Balaban J connectivity index is 1.54. The summed E-state index contributed by atoms with van der Waals surface area (Å²) in [5, 5.41) is 5.17. The molecule has 4 rings (SSSR count). The van der Waals surface area contributed by atoms with E-state index in [9.17, 15) is 18.4 Å². The molecule has 0 saturated heterocycles. The Morgan fingerprint density at radius 2 is 2.07 bits per heavy atom. The highest BCUT2D eigenvalue weighted by atomic mass is 32.1. The van der Waals surface area contributed by atoms with Gasteiger partial charge in [0.2, 0.25) is 5.91 Å². The second-order valence-electron chi connectivity index (χ2n) is 5.92. The summed E-state index contributed by atoms with van der Waals surface area (Å²) in [5.41, 5.74) is 0.577. The maximum Gasteiger partial charge on any atom is 0.262 e. The number of hydrogen-bond acceptors (Lipinski definition) is 6. The number of halogens is 2. The number of hydrogen-bond donors (Lipinski definition) is 1. The first kappa shape index (κ1) is 18.4. The van der Waals surface area contributed by atoms with Gasteiger partial charge in [-0.1, -0.05) is 0 Å². The molecule has 1 amide bonds. The van der Waals surface area contributed by atoms with E-state index in [0.29, 0.717) is 26.6 Å². The van der Waals surface area contributed by atoms with Crippen molar-refractivity contribution in [3.05, 3.63) is 62.8 Å². The van der Waals surface area contributed by atoms with Gasteiger partial charge in [-0.2, -0.15) is 0 Å². The van der Waals surface area contributed by atoms with Gasteiger partial charge in [-0.25, -0.2) is 18.7 Å². The first-order chi connectivity index (χ1) is 13.4. The Labute approximate surface area is 165 Å². The molecule has 0 saturated carbocycles. The maximum absolute atomic E-state index is 13.5. The fourth-order valence-corrected chi connectivity index (χ4v) is 4.26. The fraction of sp³-hybridized carbons (Fsp3) is 0.111. The van der Waals surface area contributed by atoms with Gasteiger partial charge in [0.05, 0.1) is 17.4 Å². The highest BCUT2D eigenvalue weighted by Crippen LogP contribution is 2.31. The zero-order chi connectivity index (χ0) is 19.8. The first-order valence-corrected chi connectivity index (χ1v) is 9.77. The van der Waals surface area contributed by atoms with Crippen LogP contribution in [0.5, 0.6) is 0 Å². The lowest BCUT2D eigenvalue weighted by Crippen LogP contribution is -2.27. The number of carbonyl (C=O) groups excluding carboxylic acids is 1. The molecule has 28 heavy (non-hydrogen) atoms. The molecule has 1 aromatic carbocycles. The first-order valence-electron chi connectivity index (χ1n) is 8.07. The average Bonchev–Trinajstić information content (AvgIpc) is 3.27. The molecule has 0 radical (unpaired) electrons. The molecule has 0 aliphatic carbocycles. The standard InChI is InChI=1S/C18H12F2N4O2S2/c1-9-15(10-2-3-12(19)13(20)6-10)23-18(28-9)22-14(25)7-24-8-21-16-11(17(24)26)4-5-27-16/h2-6,8H,7H2,1H3,(H,22,23,25). The van der Waals surface area contributed by atoms with Crippen LogP contribution in [0.4, 0.5) is 13.9 Å². The van der Waals surface area contributed by atoms with Crippen molar-refractivity contribution in [3.8, 4) is 11.3 Å². The van der Waals surface area contributed by atoms with Crippen molar-refractivity contribution >= 4 is 43.9 Å². The molecule has 0 unspecified atom stereocenters. The van der Waals surface area contributed by atoms with E-state index in [1.807, 2.05) is 0 Å². The second kappa shape index (κ2) is 7.21. The normalized spacial score (nSPS) is 11.1. The minimum Gasteiger partial charge on any atom is -0.300 e. The van der Waals surface area contributed by atoms with Gasteiger partial charge in [-0.15, -0.1) is 22.7 Å². The van der Waals surface area contributed by atoms with E-state index >= 15 is 0 Å². The van der Waals surface area contributed by atoms with Crippen LogP contribution < -0.4 is 10.9 Å². The monoisotopic (exact) mass is 418 g/mol. The van der Waals surface area contributed by atoms with Crippen LogP contribution in [0.25, 0.3) is 21.5 Å². The highest BCUT2D eigenvalue weighted by Gasteiger charge is 2.15. The summed E-state index contributed by atoms with van der Waals surface area (Å²) < 4.78 is 27.8. The number of thiazole rings is 1. The predicted octanol–water partition coefficient (Wildman–Crippen LogP) is 3.81. The molecular formula is C18H12F2N4O2S2. The number of thiophene rings is 1. The number of nitrogens with one attached hydrogen (secondary N) is 1. The van der Waals surface area contributed by atoms with Crippen molar-refractivity contribution in [1.29, 1.82) is 0 Å². The van der Waals surface area contributed by atoms with Crippen LogP contribution in [0.2, 0.25) is 0 Å². The number of benzene rings is 1. The van der Waals surface area contributed by atoms with Crippen molar-refractivity contribution in [2.24, 2.45) is 0 Å². The highest BCUT2D eigenvalue weighted by molar-refractivity contribution is 7.16. The molecule has 4 aromatic rings. The summed E-state index contributed by atoms with van der Waals surface area (Å²) in [6.45, 7) is 1.56. The van der Waals surface area contributed by atoms with E-state index in [1.165, 1.54) is 39.6 Å². The predicted molar refractivity (Wildman–Crippen MR) is 105 cm³/mol. The quantitative estimate of drug-likeness (QED) is 0.547. The summed E-state index contributed by atoms with van der Waals surface area (Å²) in [7, 11) is 0. The molecule has 0 aliphatic heterocycles. The van der Waals surface area contributed by atoms with Crippen LogP contribution in [0.1, 0.15) is 4.88 Å². The Bertz CT molecular complexity index is 1260. The van der Waals surface area contributed by atoms with Crippen molar-refractivity contribution < 1.29 is 13.6 Å². The lowest BCUT2D eigenvalue weighted by molar-refractivity contribution is -0.116. The molecule has 0 aliphatic rings. The van der Waals surface area contributed by atoms with Crippen molar-refractivity contribution in [3.63, 3.8) is 0 Å². The number of aromatic nitrogens is 3. The van der Waals surface area contributed by atoms with Gasteiger partial charge in [-0.05, 0) is 36.6 Å². The number of aryl methyl sites for hydroxylation is 1. The fourth-order valence-electron chi connectivity index (χ4n) is 2.68. The van der Waals surface area contributed by atoms with E-state index < -0.39 is 17.5 Å².